The molecular formula is C24H35F2NO3S. The number of benzene rings is 1. The predicted octanol–water partition coefficient (Wildman–Crippen LogP) is 5.56. The standard InChI is InChI=1S/C24H35F2NO3S/c1-3-17-10-11-19(22(26)21(17)25)31-16-18(15-28-2)27-23(31)24(12-6-4-7-13-24)30-20-9-5-8-14-29-20/h10-11,18,20,31H,3-9,12-16H2,1-2H3. The molecule has 3 unspecified atom stereocenters. The number of thiol groups is 1. The van der Waals surface area contributed by atoms with Crippen molar-refractivity contribution < 1.29 is 23.0 Å². The van der Waals surface area contributed by atoms with Gasteiger partial charge in [-0.25, -0.2) is 8.78 Å². The molecule has 4 nitrogen and oxygen atoms in total. The fraction of sp³-hybridized carbons (Fsp3) is 0.708. The van der Waals surface area contributed by atoms with Gasteiger partial charge < -0.3 is 14.2 Å². The average molecular weight is 456 g/mol. The second-order valence-electron chi connectivity index (χ2n) is 8.87. The molecule has 0 bridgehead atoms. The Bertz CT molecular complexity index is 791. The van der Waals surface area contributed by atoms with Gasteiger partial charge in [-0.05, 0) is 50.2 Å². The molecule has 1 saturated heterocycles. The van der Waals surface area contributed by atoms with Crippen LogP contribution in [0.15, 0.2) is 22.0 Å². The molecule has 1 aromatic carbocycles. The Morgan fingerprint density at radius 3 is 2.61 bits per heavy atom. The summed E-state index contributed by atoms with van der Waals surface area (Å²) < 4.78 is 48.0. The fourth-order valence-corrected chi connectivity index (χ4v) is 7.94. The van der Waals surface area contributed by atoms with Crippen LogP contribution in [0.3, 0.4) is 0 Å². The third kappa shape index (κ3) is 4.85. The van der Waals surface area contributed by atoms with Gasteiger partial charge in [0.1, 0.15) is 5.60 Å². The normalized spacial score (nSPS) is 29.7. The van der Waals surface area contributed by atoms with Crippen molar-refractivity contribution in [3.63, 3.8) is 0 Å². The SMILES string of the molecule is CCc1ccc([SH]2CC(COC)N=C2C2(OC3CCCCO3)CCCCC2)c(F)c1F. The summed E-state index contributed by atoms with van der Waals surface area (Å²) >= 11 is 0. The largest absolute Gasteiger partial charge is 0.382 e. The van der Waals surface area contributed by atoms with Crippen molar-refractivity contribution in [1.29, 1.82) is 0 Å². The molecule has 3 aliphatic rings. The summed E-state index contributed by atoms with van der Waals surface area (Å²) in [7, 11) is 0.529. The first-order valence-electron chi connectivity index (χ1n) is 11.7. The van der Waals surface area contributed by atoms with Gasteiger partial charge >= 0.3 is 0 Å². The quantitative estimate of drug-likeness (QED) is 0.547. The van der Waals surface area contributed by atoms with Crippen LogP contribution in [0.1, 0.15) is 63.9 Å². The van der Waals surface area contributed by atoms with Gasteiger partial charge in [0.15, 0.2) is 17.9 Å². The average Bonchev–Trinajstić information content (AvgIpc) is 3.21. The minimum atomic E-state index is -1.13. The van der Waals surface area contributed by atoms with Gasteiger partial charge in [0, 0.05) is 24.4 Å². The van der Waals surface area contributed by atoms with Crippen LogP contribution in [0.25, 0.3) is 0 Å². The molecule has 31 heavy (non-hydrogen) atoms. The number of ether oxygens (including phenoxy) is 3. The van der Waals surface area contributed by atoms with Crippen molar-refractivity contribution in [1.82, 2.24) is 0 Å². The molecule has 3 atom stereocenters. The van der Waals surface area contributed by atoms with Gasteiger partial charge in [0.25, 0.3) is 0 Å². The maximum Gasteiger partial charge on any atom is 0.171 e. The molecular weight excluding hydrogens is 420 g/mol. The van der Waals surface area contributed by atoms with E-state index in [-0.39, 0.29) is 12.3 Å². The molecule has 0 radical (unpaired) electrons. The summed E-state index contributed by atoms with van der Waals surface area (Å²) in [4.78, 5) is 5.52. The lowest BCUT2D eigenvalue weighted by Gasteiger charge is -2.43. The number of aliphatic imine (C=N–C) groups is 1. The maximum atomic E-state index is 15.2. The van der Waals surface area contributed by atoms with E-state index in [1.165, 1.54) is 0 Å². The van der Waals surface area contributed by atoms with E-state index < -0.39 is 28.1 Å². The van der Waals surface area contributed by atoms with Crippen LogP contribution < -0.4 is 0 Å². The lowest BCUT2D eigenvalue weighted by Crippen LogP contribution is -2.46. The number of nitrogens with zero attached hydrogens (tertiary/aromatic N) is 1. The van der Waals surface area contributed by atoms with Crippen LogP contribution in [-0.2, 0) is 20.6 Å². The van der Waals surface area contributed by atoms with Crippen molar-refractivity contribution in [3.05, 3.63) is 29.3 Å². The Hall–Kier alpha value is -1.02. The predicted molar refractivity (Wildman–Crippen MR) is 121 cm³/mol. The van der Waals surface area contributed by atoms with Crippen molar-refractivity contribution in [2.24, 2.45) is 4.99 Å². The third-order valence-corrected chi connectivity index (χ3v) is 9.44. The Labute approximate surface area is 187 Å². The molecule has 7 heteroatoms. The zero-order chi connectivity index (χ0) is 21.8. The Morgan fingerprint density at radius 1 is 1.13 bits per heavy atom. The summed E-state index contributed by atoms with van der Waals surface area (Å²) in [5, 5.41) is 0.931. The van der Waals surface area contributed by atoms with Crippen LogP contribution in [0.2, 0.25) is 0 Å². The van der Waals surface area contributed by atoms with Crippen LogP contribution >= 0.6 is 10.9 Å². The van der Waals surface area contributed by atoms with E-state index in [9.17, 15) is 4.39 Å². The van der Waals surface area contributed by atoms with E-state index in [1.807, 2.05) is 6.92 Å². The highest BCUT2D eigenvalue weighted by Crippen LogP contribution is 2.52. The summed E-state index contributed by atoms with van der Waals surface area (Å²) in [5.74, 6) is -0.751. The maximum absolute atomic E-state index is 15.2. The zero-order valence-corrected chi connectivity index (χ0v) is 19.6. The first kappa shape index (κ1) is 23.1. The highest BCUT2D eigenvalue weighted by molar-refractivity contribution is 8.30. The van der Waals surface area contributed by atoms with Crippen LogP contribution in [0.4, 0.5) is 8.78 Å². The van der Waals surface area contributed by atoms with Gasteiger partial charge in [0.05, 0.1) is 17.7 Å². The number of hydrogen-bond acceptors (Lipinski definition) is 4. The Kier molecular flexibility index (Phi) is 7.68. The minimum Gasteiger partial charge on any atom is -0.382 e. The second kappa shape index (κ2) is 10.3. The Morgan fingerprint density at radius 2 is 1.94 bits per heavy atom. The van der Waals surface area contributed by atoms with Gasteiger partial charge in [-0.2, -0.15) is 10.9 Å². The first-order chi connectivity index (χ1) is 15.1. The van der Waals surface area contributed by atoms with Crippen molar-refractivity contribution in [2.45, 2.75) is 87.5 Å². The van der Waals surface area contributed by atoms with Gasteiger partial charge in [-0.3, -0.25) is 4.99 Å². The molecule has 2 fully saturated rings. The van der Waals surface area contributed by atoms with Gasteiger partial charge in [-0.1, -0.05) is 32.3 Å². The van der Waals surface area contributed by atoms with Crippen LogP contribution in [0.5, 0.6) is 0 Å². The topological polar surface area (TPSA) is 40.0 Å². The van der Waals surface area contributed by atoms with E-state index in [2.05, 4.69) is 0 Å². The third-order valence-electron chi connectivity index (χ3n) is 6.69. The van der Waals surface area contributed by atoms with Crippen molar-refractivity contribution in [3.8, 4) is 0 Å². The lowest BCUT2D eigenvalue weighted by atomic mass is 9.85. The number of hydrogen-bond donors (Lipinski definition) is 1. The Balaban J connectivity index is 1.71. The molecule has 0 N–H and O–H groups in total. The molecule has 1 saturated carbocycles. The highest BCUT2D eigenvalue weighted by atomic mass is 32.2. The van der Waals surface area contributed by atoms with Crippen LogP contribution in [-0.4, -0.2) is 49.1 Å². The van der Waals surface area contributed by atoms with Crippen molar-refractivity contribution in [2.75, 3.05) is 26.1 Å². The molecule has 2 heterocycles. The summed E-state index contributed by atoms with van der Waals surface area (Å²) in [6.07, 6.45) is 8.25. The number of methoxy groups -OCH3 is 1. The van der Waals surface area contributed by atoms with Gasteiger partial charge in [0.2, 0.25) is 0 Å². The summed E-state index contributed by atoms with van der Waals surface area (Å²) in [5.41, 5.74) is -0.123. The fourth-order valence-electron chi connectivity index (χ4n) is 5.07. The van der Waals surface area contributed by atoms with Gasteiger partial charge in [-0.15, -0.1) is 0 Å². The minimum absolute atomic E-state index is 0.0471. The number of aryl methyl sites for hydroxylation is 1. The lowest BCUT2D eigenvalue weighted by molar-refractivity contribution is -0.210. The zero-order valence-electron chi connectivity index (χ0n) is 18.7. The summed E-state index contributed by atoms with van der Waals surface area (Å²) in [6.45, 7) is 3.04. The molecule has 174 valence electrons. The second-order valence-corrected chi connectivity index (χ2v) is 11.0. The molecule has 1 aromatic rings. The molecule has 0 spiro atoms. The first-order valence-corrected chi connectivity index (χ1v) is 13.2. The summed E-state index contributed by atoms with van der Waals surface area (Å²) in [6, 6.07) is 3.46. The van der Waals surface area contributed by atoms with E-state index in [0.29, 0.717) is 35.8 Å². The number of halogens is 2. The molecule has 2 aliphatic heterocycles. The van der Waals surface area contributed by atoms with Crippen LogP contribution in [0, 0.1) is 11.6 Å². The highest BCUT2D eigenvalue weighted by Gasteiger charge is 2.47. The number of rotatable bonds is 7. The smallest absolute Gasteiger partial charge is 0.171 e. The van der Waals surface area contributed by atoms with E-state index in [1.54, 1.807) is 19.2 Å². The van der Waals surface area contributed by atoms with Crippen molar-refractivity contribution >= 4 is 15.9 Å². The monoisotopic (exact) mass is 455 g/mol. The molecule has 1 aliphatic carbocycles. The molecule has 0 amide bonds. The molecule has 0 aromatic heterocycles. The van der Waals surface area contributed by atoms with E-state index in [4.69, 9.17) is 19.2 Å². The van der Waals surface area contributed by atoms with E-state index in [0.717, 1.165) is 56.4 Å². The molecule has 4 rings (SSSR count). The van der Waals surface area contributed by atoms with E-state index >= 15 is 4.39 Å².